The summed E-state index contributed by atoms with van der Waals surface area (Å²) in [6.07, 6.45) is 1.74. The van der Waals surface area contributed by atoms with Gasteiger partial charge < -0.3 is 5.11 Å². The Bertz CT molecular complexity index is 298. The maximum atomic E-state index is 10.0. The molecule has 1 heterocycles. The Kier molecular flexibility index (Phi) is 3.22. The van der Waals surface area contributed by atoms with Crippen molar-refractivity contribution in [2.45, 2.75) is 39.8 Å². The van der Waals surface area contributed by atoms with E-state index in [2.05, 4.69) is 5.10 Å². The first-order valence-corrected chi connectivity index (χ1v) is 5.12. The molecule has 1 aromatic heterocycles. The first kappa shape index (κ1) is 11.5. The van der Waals surface area contributed by atoms with Crippen molar-refractivity contribution in [3.63, 3.8) is 0 Å². The molecule has 0 aliphatic rings. The van der Waals surface area contributed by atoms with E-state index in [1.54, 1.807) is 10.9 Å². The van der Waals surface area contributed by atoms with E-state index < -0.39 is 5.60 Å². The highest BCUT2D eigenvalue weighted by Crippen LogP contribution is 2.20. The van der Waals surface area contributed by atoms with Gasteiger partial charge in [0.1, 0.15) is 0 Å². The fourth-order valence-corrected chi connectivity index (χ4v) is 1.24. The second kappa shape index (κ2) is 3.91. The minimum atomic E-state index is -0.748. The van der Waals surface area contributed by atoms with Gasteiger partial charge in [-0.05, 0) is 19.8 Å². The van der Waals surface area contributed by atoms with Gasteiger partial charge in [-0.15, -0.1) is 0 Å². The van der Waals surface area contributed by atoms with Crippen molar-refractivity contribution >= 4 is 11.6 Å². The van der Waals surface area contributed by atoms with E-state index >= 15 is 0 Å². The maximum absolute atomic E-state index is 10.0. The van der Waals surface area contributed by atoms with Crippen LogP contribution < -0.4 is 0 Å². The number of aromatic nitrogens is 2. The molecule has 3 nitrogen and oxygen atoms in total. The smallest absolute Gasteiger partial charge is 0.0837 e. The number of hydrogen-bond donors (Lipinski definition) is 1. The summed E-state index contributed by atoms with van der Waals surface area (Å²) in [7, 11) is 0. The minimum absolute atomic E-state index is 0.186. The van der Waals surface area contributed by atoms with Crippen LogP contribution in [0.3, 0.4) is 0 Å². The molecular weight excluding hydrogens is 200 g/mol. The third kappa shape index (κ3) is 2.49. The molecule has 0 bridgehead atoms. The van der Waals surface area contributed by atoms with Gasteiger partial charge in [0.05, 0.1) is 22.9 Å². The number of aryl methyl sites for hydroxylation is 1. The number of nitrogens with zero attached hydrogens (tertiary/aromatic N) is 2. The topological polar surface area (TPSA) is 38.0 Å². The van der Waals surface area contributed by atoms with Gasteiger partial charge in [-0.3, -0.25) is 4.68 Å². The van der Waals surface area contributed by atoms with Crippen LogP contribution in [-0.2, 0) is 6.54 Å². The van der Waals surface area contributed by atoms with Crippen LogP contribution >= 0.6 is 11.6 Å². The molecule has 1 atom stereocenters. The molecule has 0 aromatic carbocycles. The van der Waals surface area contributed by atoms with E-state index in [4.69, 9.17) is 11.6 Å². The Morgan fingerprint density at radius 3 is 2.57 bits per heavy atom. The molecule has 0 radical (unpaired) electrons. The summed E-state index contributed by atoms with van der Waals surface area (Å²) in [6, 6.07) is 0. The second-order valence-corrected chi connectivity index (χ2v) is 4.68. The SMILES string of the molecule is Cc1nn(CC(C)(O)C(C)C)cc1Cl. The van der Waals surface area contributed by atoms with Crippen LogP contribution in [-0.4, -0.2) is 20.5 Å². The minimum Gasteiger partial charge on any atom is -0.388 e. The van der Waals surface area contributed by atoms with Crippen molar-refractivity contribution < 1.29 is 5.11 Å². The van der Waals surface area contributed by atoms with Crippen LogP contribution in [0.15, 0.2) is 6.20 Å². The average Bonchev–Trinajstić information content (AvgIpc) is 2.29. The Labute approximate surface area is 89.7 Å². The molecule has 0 spiro atoms. The van der Waals surface area contributed by atoms with Gasteiger partial charge in [-0.25, -0.2) is 0 Å². The van der Waals surface area contributed by atoms with Crippen molar-refractivity contribution in [3.8, 4) is 0 Å². The highest BCUT2D eigenvalue weighted by molar-refractivity contribution is 6.31. The zero-order valence-electron chi connectivity index (χ0n) is 9.08. The standard InChI is InChI=1S/C10H17ClN2O/c1-7(2)10(4,14)6-13-5-9(11)8(3)12-13/h5,7,14H,6H2,1-4H3. The predicted molar refractivity (Wildman–Crippen MR) is 57.4 cm³/mol. The number of hydrogen-bond acceptors (Lipinski definition) is 2. The van der Waals surface area contributed by atoms with E-state index in [-0.39, 0.29) is 5.92 Å². The molecule has 1 N–H and O–H groups in total. The van der Waals surface area contributed by atoms with Crippen molar-refractivity contribution in [2.75, 3.05) is 0 Å². The predicted octanol–water partition coefficient (Wildman–Crippen LogP) is 2.25. The maximum Gasteiger partial charge on any atom is 0.0837 e. The van der Waals surface area contributed by atoms with Crippen LogP contribution in [0, 0.1) is 12.8 Å². The Morgan fingerprint density at radius 2 is 2.21 bits per heavy atom. The summed E-state index contributed by atoms with van der Waals surface area (Å²) in [5.74, 6) is 0.186. The first-order chi connectivity index (χ1) is 6.33. The summed E-state index contributed by atoms with van der Waals surface area (Å²) in [5.41, 5.74) is 0.0492. The fourth-order valence-electron chi connectivity index (χ4n) is 1.09. The van der Waals surface area contributed by atoms with Crippen molar-refractivity contribution in [1.29, 1.82) is 0 Å². The van der Waals surface area contributed by atoms with E-state index in [9.17, 15) is 5.11 Å². The summed E-state index contributed by atoms with van der Waals surface area (Å²) >= 11 is 5.87. The molecule has 1 rings (SSSR count). The van der Waals surface area contributed by atoms with Crippen LogP contribution in [0.4, 0.5) is 0 Å². The summed E-state index contributed by atoms with van der Waals surface area (Å²) < 4.78 is 1.69. The third-order valence-corrected chi connectivity index (χ3v) is 2.98. The molecule has 0 saturated carbocycles. The average molecular weight is 217 g/mol. The molecule has 0 fully saturated rings. The molecule has 1 unspecified atom stereocenters. The highest BCUT2D eigenvalue weighted by Gasteiger charge is 2.25. The Balaban J connectivity index is 2.78. The van der Waals surface area contributed by atoms with Gasteiger partial charge in [0.15, 0.2) is 0 Å². The second-order valence-electron chi connectivity index (χ2n) is 4.27. The first-order valence-electron chi connectivity index (χ1n) is 4.75. The quantitative estimate of drug-likeness (QED) is 0.842. The van der Waals surface area contributed by atoms with Gasteiger partial charge >= 0.3 is 0 Å². The van der Waals surface area contributed by atoms with Crippen molar-refractivity contribution in [1.82, 2.24) is 9.78 Å². The third-order valence-electron chi connectivity index (χ3n) is 2.61. The zero-order valence-corrected chi connectivity index (χ0v) is 9.84. The molecule has 0 saturated heterocycles. The van der Waals surface area contributed by atoms with Crippen LogP contribution in [0.1, 0.15) is 26.5 Å². The van der Waals surface area contributed by atoms with Gasteiger partial charge in [0.25, 0.3) is 0 Å². The summed E-state index contributed by atoms with van der Waals surface area (Å²) in [6.45, 7) is 8.10. The lowest BCUT2D eigenvalue weighted by Gasteiger charge is -2.27. The lowest BCUT2D eigenvalue weighted by atomic mass is 9.93. The molecular formula is C10H17ClN2O. The number of rotatable bonds is 3. The van der Waals surface area contributed by atoms with E-state index in [1.807, 2.05) is 27.7 Å². The molecule has 1 aromatic rings. The lowest BCUT2D eigenvalue weighted by molar-refractivity contribution is -0.00572. The molecule has 0 aliphatic heterocycles. The van der Waals surface area contributed by atoms with E-state index in [0.29, 0.717) is 11.6 Å². The Morgan fingerprint density at radius 1 is 1.64 bits per heavy atom. The van der Waals surface area contributed by atoms with Gasteiger partial charge in [-0.2, -0.15) is 5.10 Å². The molecule has 0 aliphatic carbocycles. The lowest BCUT2D eigenvalue weighted by Crippen LogP contribution is -2.36. The van der Waals surface area contributed by atoms with Gasteiger partial charge in [-0.1, -0.05) is 25.4 Å². The molecule has 14 heavy (non-hydrogen) atoms. The summed E-state index contributed by atoms with van der Waals surface area (Å²) in [5, 5.41) is 14.9. The molecule has 0 amide bonds. The van der Waals surface area contributed by atoms with Crippen LogP contribution in [0.2, 0.25) is 5.02 Å². The van der Waals surface area contributed by atoms with Crippen LogP contribution in [0.25, 0.3) is 0 Å². The monoisotopic (exact) mass is 216 g/mol. The Hall–Kier alpha value is -0.540. The largest absolute Gasteiger partial charge is 0.388 e. The van der Waals surface area contributed by atoms with Crippen molar-refractivity contribution in [2.24, 2.45) is 5.92 Å². The number of aliphatic hydroxyl groups is 1. The van der Waals surface area contributed by atoms with Gasteiger partial charge in [0, 0.05) is 6.20 Å². The highest BCUT2D eigenvalue weighted by atomic mass is 35.5. The zero-order chi connectivity index (χ0) is 10.9. The summed E-state index contributed by atoms with van der Waals surface area (Å²) in [4.78, 5) is 0. The normalized spacial score (nSPS) is 15.9. The molecule has 80 valence electrons. The van der Waals surface area contributed by atoms with Crippen LogP contribution in [0.5, 0.6) is 0 Å². The van der Waals surface area contributed by atoms with Gasteiger partial charge in [0.2, 0.25) is 0 Å². The molecule has 4 heteroatoms. The van der Waals surface area contributed by atoms with Crippen molar-refractivity contribution in [3.05, 3.63) is 16.9 Å². The van der Waals surface area contributed by atoms with E-state index in [0.717, 1.165) is 5.69 Å². The fraction of sp³-hybridized carbons (Fsp3) is 0.700. The number of halogens is 1. The van der Waals surface area contributed by atoms with E-state index in [1.165, 1.54) is 0 Å².